The van der Waals surface area contributed by atoms with E-state index < -0.39 is 0 Å². The molecule has 0 amide bonds. The van der Waals surface area contributed by atoms with Gasteiger partial charge in [0.05, 0.1) is 26.2 Å². The summed E-state index contributed by atoms with van der Waals surface area (Å²) < 4.78 is 0. The molecule has 3 N–H and O–H groups in total. The fourth-order valence-corrected chi connectivity index (χ4v) is 2.96. The molecule has 0 saturated carbocycles. The van der Waals surface area contributed by atoms with Gasteiger partial charge in [0.1, 0.15) is 6.54 Å². The highest BCUT2D eigenvalue weighted by atomic mass is 35.5. The maximum absolute atomic E-state index is 5.93. The largest absolute Gasteiger partial charge is 0.399 e. The van der Waals surface area contributed by atoms with Crippen molar-refractivity contribution >= 4 is 23.0 Å². The van der Waals surface area contributed by atoms with Crippen LogP contribution in [-0.2, 0) is 6.54 Å². The summed E-state index contributed by atoms with van der Waals surface area (Å²) in [5.74, 6) is 0. The van der Waals surface area contributed by atoms with Gasteiger partial charge in [0.2, 0.25) is 0 Å². The third-order valence-corrected chi connectivity index (χ3v) is 4.35. The minimum atomic E-state index is 0.807. The molecular weight excluding hydrogens is 282 g/mol. The van der Waals surface area contributed by atoms with Gasteiger partial charge < -0.3 is 15.5 Å². The Bertz CT molecular complexity index is 572. The zero-order chi connectivity index (χ0) is 14.7. The molecule has 0 unspecified atom stereocenters. The van der Waals surface area contributed by atoms with Crippen LogP contribution in [0.4, 0.5) is 11.4 Å². The van der Waals surface area contributed by atoms with E-state index in [0.29, 0.717) is 0 Å². The van der Waals surface area contributed by atoms with Crippen LogP contribution in [-0.4, -0.2) is 26.2 Å². The summed E-state index contributed by atoms with van der Waals surface area (Å²) in [6, 6.07) is 16.4. The molecule has 4 heteroatoms. The predicted molar refractivity (Wildman–Crippen MR) is 88.9 cm³/mol. The summed E-state index contributed by atoms with van der Waals surface area (Å²) in [4.78, 5) is 4.06. The molecule has 0 spiro atoms. The lowest BCUT2D eigenvalue weighted by atomic mass is 10.2. The number of quaternary nitrogens is 1. The molecule has 0 aliphatic carbocycles. The van der Waals surface area contributed by atoms with Crippen LogP contribution in [0.5, 0.6) is 0 Å². The standard InChI is InChI=1S/C17H20ClN3/c18-15-3-1-14(2-4-15)13-20-9-11-21(12-10-20)17-7-5-16(19)6-8-17/h1-8H,9-13,19H2/p+1. The van der Waals surface area contributed by atoms with Crippen molar-refractivity contribution in [3.63, 3.8) is 0 Å². The highest BCUT2D eigenvalue weighted by Crippen LogP contribution is 2.16. The molecular formula is C17H21ClN3+. The normalized spacial score (nSPS) is 16.1. The molecule has 1 saturated heterocycles. The molecule has 0 aromatic heterocycles. The van der Waals surface area contributed by atoms with E-state index in [1.165, 1.54) is 11.3 Å². The average Bonchev–Trinajstić information content (AvgIpc) is 2.51. The average molecular weight is 303 g/mol. The topological polar surface area (TPSA) is 33.7 Å². The van der Waals surface area contributed by atoms with E-state index >= 15 is 0 Å². The molecule has 0 radical (unpaired) electrons. The molecule has 1 fully saturated rings. The summed E-state index contributed by atoms with van der Waals surface area (Å²) in [6.45, 7) is 5.58. The van der Waals surface area contributed by atoms with E-state index in [4.69, 9.17) is 17.3 Å². The number of rotatable bonds is 3. The first kappa shape index (κ1) is 14.2. The fraction of sp³-hybridized carbons (Fsp3) is 0.294. The number of hydrogen-bond acceptors (Lipinski definition) is 2. The summed E-state index contributed by atoms with van der Waals surface area (Å²) in [6.07, 6.45) is 0. The van der Waals surface area contributed by atoms with Crippen LogP contribution in [0.1, 0.15) is 5.56 Å². The molecule has 3 rings (SSSR count). The Hall–Kier alpha value is -1.71. The summed E-state index contributed by atoms with van der Waals surface area (Å²) in [7, 11) is 0. The molecule has 3 nitrogen and oxygen atoms in total. The third kappa shape index (κ3) is 3.69. The SMILES string of the molecule is Nc1ccc(N2CC[NH+](Cc3ccc(Cl)cc3)CC2)cc1. The van der Waals surface area contributed by atoms with Crippen LogP contribution >= 0.6 is 11.6 Å². The number of anilines is 2. The number of piperazine rings is 1. The molecule has 2 aromatic rings. The van der Waals surface area contributed by atoms with Crippen molar-refractivity contribution in [2.45, 2.75) is 6.54 Å². The lowest BCUT2D eigenvalue weighted by molar-refractivity contribution is -0.914. The van der Waals surface area contributed by atoms with Gasteiger partial charge in [-0.1, -0.05) is 23.7 Å². The number of nitrogens with zero attached hydrogens (tertiary/aromatic N) is 1. The third-order valence-electron chi connectivity index (χ3n) is 4.10. The van der Waals surface area contributed by atoms with Crippen molar-refractivity contribution in [3.8, 4) is 0 Å². The second kappa shape index (κ2) is 6.37. The van der Waals surface area contributed by atoms with Crippen LogP contribution in [0.15, 0.2) is 48.5 Å². The van der Waals surface area contributed by atoms with E-state index in [0.717, 1.165) is 43.4 Å². The smallest absolute Gasteiger partial charge is 0.103 e. The number of halogens is 1. The molecule has 21 heavy (non-hydrogen) atoms. The van der Waals surface area contributed by atoms with Crippen molar-refractivity contribution < 1.29 is 4.90 Å². The number of hydrogen-bond donors (Lipinski definition) is 2. The van der Waals surface area contributed by atoms with Gasteiger partial charge in [-0.25, -0.2) is 0 Å². The fourth-order valence-electron chi connectivity index (χ4n) is 2.83. The first-order valence-corrected chi connectivity index (χ1v) is 7.77. The Labute approximate surface area is 130 Å². The maximum atomic E-state index is 5.93. The number of nitrogens with two attached hydrogens (primary N) is 1. The monoisotopic (exact) mass is 302 g/mol. The van der Waals surface area contributed by atoms with Gasteiger partial charge in [0.25, 0.3) is 0 Å². The zero-order valence-corrected chi connectivity index (χ0v) is 12.8. The molecule has 1 heterocycles. The Morgan fingerprint density at radius 1 is 0.952 bits per heavy atom. The lowest BCUT2D eigenvalue weighted by Crippen LogP contribution is -3.13. The second-order valence-corrected chi connectivity index (χ2v) is 6.07. The quantitative estimate of drug-likeness (QED) is 0.848. The molecule has 110 valence electrons. The minimum Gasteiger partial charge on any atom is -0.399 e. The molecule has 0 atom stereocenters. The van der Waals surface area contributed by atoms with Gasteiger partial charge >= 0.3 is 0 Å². The highest BCUT2D eigenvalue weighted by molar-refractivity contribution is 6.30. The Balaban J connectivity index is 1.55. The predicted octanol–water partition coefficient (Wildman–Crippen LogP) is 1.83. The summed E-state index contributed by atoms with van der Waals surface area (Å²) >= 11 is 5.93. The number of nitrogens with one attached hydrogen (secondary N) is 1. The highest BCUT2D eigenvalue weighted by Gasteiger charge is 2.20. The van der Waals surface area contributed by atoms with Crippen LogP contribution in [0.25, 0.3) is 0 Å². The van der Waals surface area contributed by atoms with E-state index in [9.17, 15) is 0 Å². The molecule has 1 aliphatic heterocycles. The van der Waals surface area contributed by atoms with Crippen LogP contribution in [0.3, 0.4) is 0 Å². The first-order valence-electron chi connectivity index (χ1n) is 7.39. The Morgan fingerprint density at radius 2 is 1.57 bits per heavy atom. The van der Waals surface area contributed by atoms with Gasteiger partial charge in [-0.05, 0) is 36.4 Å². The van der Waals surface area contributed by atoms with E-state index in [2.05, 4.69) is 29.2 Å². The van der Waals surface area contributed by atoms with Gasteiger partial charge in [-0.2, -0.15) is 0 Å². The zero-order valence-electron chi connectivity index (χ0n) is 12.1. The second-order valence-electron chi connectivity index (χ2n) is 5.63. The van der Waals surface area contributed by atoms with Crippen molar-refractivity contribution in [2.24, 2.45) is 0 Å². The van der Waals surface area contributed by atoms with Crippen molar-refractivity contribution in [1.82, 2.24) is 0 Å². The van der Waals surface area contributed by atoms with Crippen LogP contribution in [0, 0.1) is 0 Å². The lowest BCUT2D eigenvalue weighted by Gasteiger charge is -2.33. The first-order chi connectivity index (χ1) is 10.2. The Kier molecular flexibility index (Phi) is 4.32. The van der Waals surface area contributed by atoms with Gasteiger partial charge in [-0.15, -0.1) is 0 Å². The Morgan fingerprint density at radius 3 is 2.19 bits per heavy atom. The molecule has 1 aliphatic rings. The number of benzene rings is 2. The maximum Gasteiger partial charge on any atom is 0.103 e. The van der Waals surface area contributed by atoms with E-state index in [-0.39, 0.29) is 0 Å². The summed E-state index contributed by atoms with van der Waals surface area (Å²) in [5, 5.41) is 0.807. The summed E-state index contributed by atoms with van der Waals surface area (Å²) in [5.41, 5.74) is 9.20. The molecule has 2 aromatic carbocycles. The van der Waals surface area contributed by atoms with Crippen LogP contribution < -0.4 is 15.5 Å². The van der Waals surface area contributed by atoms with Gasteiger partial charge in [-0.3, -0.25) is 0 Å². The van der Waals surface area contributed by atoms with Crippen molar-refractivity contribution in [1.29, 1.82) is 0 Å². The van der Waals surface area contributed by atoms with Gasteiger partial charge in [0.15, 0.2) is 0 Å². The van der Waals surface area contributed by atoms with E-state index in [1.54, 1.807) is 4.90 Å². The van der Waals surface area contributed by atoms with Crippen molar-refractivity contribution in [2.75, 3.05) is 36.8 Å². The van der Waals surface area contributed by atoms with Gasteiger partial charge in [0, 0.05) is 22.0 Å². The molecule has 0 bridgehead atoms. The van der Waals surface area contributed by atoms with E-state index in [1.807, 2.05) is 24.3 Å². The van der Waals surface area contributed by atoms with Crippen LogP contribution in [0.2, 0.25) is 5.02 Å². The minimum absolute atomic E-state index is 0.807. The number of nitrogen functional groups attached to an aromatic ring is 1. The van der Waals surface area contributed by atoms with Crippen molar-refractivity contribution in [3.05, 3.63) is 59.1 Å².